The molecule has 1 aromatic carbocycles. The molecule has 8 heteroatoms. The Balaban J connectivity index is 2.29. The fourth-order valence-electron chi connectivity index (χ4n) is 1.67. The van der Waals surface area contributed by atoms with Gasteiger partial charge in [-0.15, -0.1) is 0 Å². The number of rotatable bonds is 5. The molecule has 0 spiro atoms. The predicted octanol–water partition coefficient (Wildman–Crippen LogP) is 2.83. The minimum Gasteiger partial charge on any atom is -0.490 e. The molecule has 2 N–H and O–H groups in total. The van der Waals surface area contributed by atoms with E-state index >= 15 is 0 Å². The minimum absolute atomic E-state index is 0.0499. The minimum atomic E-state index is -2.94. The van der Waals surface area contributed by atoms with E-state index in [0.29, 0.717) is 17.1 Å². The smallest absolute Gasteiger partial charge is 0.387 e. The SMILES string of the molecule is CCOc1cc(/C=C2/SC(=N)NC2=O)ccc1OC(F)F. The second kappa shape index (κ2) is 6.57. The molecular formula is C13H12F2N2O3S. The molecule has 1 amide bonds. The molecule has 0 aliphatic carbocycles. The van der Waals surface area contributed by atoms with Gasteiger partial charge in [0.2, 0.25) is 0 Å². The van der Waals surface area contributed by atoms with Crippen molar-refractivity contribution in [3.63, 3.8) is 0 Å². The van der Waals surface area contributed by atoms with Gasteiger partial charge in [0, 0.05) is 0 Å². The third-order valence-corrected chi connectivity index (χ3v) is 3.27. The maximum absolute atomic E-state index is 12.3. The van der Waals surface area contributed by atoms with Crippen molar-refractivity contribution in [2.75, 3.05) is 6.61 Å². The summed E-state index contributed by atoms with van der Waals surface area (Å²) in [6.45, 7) is -0.927. The van der Waals surface area contributed by atoms with Gasteiger partial charge in [0.05, 0.1) is 11.5 Å². The Labute approximate surface area is 123 Å². The average molecular weight is 314 g/mol. The highest BCUT2D eigenvalue weighted by molar-refractivity contribution is 8.18. The largest absolute Gasteiger partial charge is 0.490 e. The topological polar surface area (TPSA) is 71.4 Å². The number of alkyl halides is 2. The Morgan fingerprint density at radius 1 is 1.43 bits per heavy atom. The van der Waals surface area contributed by atoms with Gasteiger partial charge in [-0.05, 0) is 42.5 Å². The summed E-state index contributed by atoms with van der Waals surface area (Å²) in [4.78, 5) is 11.9. The van der Waals surface area contributed by atoms with Crippen molar-refractivity contribution in [2.24, 2.45) is 0 Å². The van der Waals surface area contributed by atoms with E-state index < -0.39 is 6.61 Å². The van der Waals surface area contributed by atoms with E-state index in [9.17, 15) is 13.6 Å². The summed E-state index contributed by atoms with van der Waals surface area (Å²) in [6, 6.07) is 4.39. The number of amides is 1. The highest BCUT2D eigenvalue weighted by Gasteiger charge is 2.22. The van der Waals surface area contributed by atoms with Crippen LogP contribution in [0.1, 0.15) is 12.5 Å². The summed E-state index contributed by atoms with van der Waals surface area (Å²) < 4.78 is 34.2. The Hall–Kier alpha value is -2.09. The van der Waals surface area contributed by atoms with Crippen molar-refractivity contribution in [3.05, 3.63) is 28.7 Å². The predicted molar refractivity (Wildman–Crippen MR) is 75.7 cm³/mol. The first-order valence-corrected chi connectivity index (χ1v) is 6.82. The van der Waals surface area contributed by atoms with Crippen LogP contribution in [-0.4, -0.2) is 24.3 Å². The number of benzene rings is 1. The van der Waals surface area contributed by atoms with Gasteiger partial charge in [-0.25, -0.2) is 0 Å². The number of nitrogens with one attached hydrogen (secondary N) is 2. The summed E-state index contributed by atoms with van der Waals surface area (Å²) in [5, 5.41) is 9.75. The second-order valence-corrected chi connectivity index (χ2v) is 4.96. The normalized spacial score (nSPS) is 16.5. The average Bonchev–Trinajstić information content (AvgIpc) is 2.71. The van der Waals surface area contributed by atoms with Gasteiger partial charge in [0.25, 0.3) is 5.91 Å². The lowest BCUT2D eigenvalue weighted by molar-refractivity contribution is -0.115. The first kappa shape index (κ1) is 15.3. The third kappa shape index (κ3) is 3.94. The fraction of sp³-hybridized carbons (Fsp3) is 0.231. The van der Waals surface area contributed by atoms with Crippen LogP contribution in [0.4, 0.5) is 8.78 Å². The monoisotopic (exact) mass is 314 g/mol. The van der Waals surface area contributed by atoms with Gasteiger partial charge < -0.3 is 14.8 Å². The molecule has 1 fully saturated rings. The zero-order valence-electron chi connectivity index (χ0n) is 11.0. The molecule has 21 heavy (non-hydrogen) atoms. The van der Waals surface area contributed by atoms with Gasteiger partial charge in [-0.3, -0.25) is 10.2 Å². The lowest BCUT2D eigenvalue weighted by atomic mass is 10.2. The molecule has 112 valence electrons. The zero-order valence-corrected chi connectivity index (χ0v) is 11.8. The third-order valence-electron chi connectivity index (χ3n) is 2.44. The van der Waals surface area contributed by atoms with Crippen molar-refractivity contribution >= 4 is 28.9 Å². The standard InChI is InChI=1S/C13H12F2N2O3S/c1-2-19-9-5-7(3-4-8(9)20-12(14)15)6-10-11(18)17-13(16)21-10/h3-6,12H,2H2,1H3,(H2,16,17,18)/b10-6+. The van der Waals surface area contributed by atoms with Crippen LogP contribution < -0.4 is 14.8 Å². The van der Waals surface area contributed by atoms with Crippen molar-refractivity contribution in [1.82, 2.24) is 5.32 Å². The molecule has 5 nitrogen and oxygen atoms in total. The Bertz CT molecular complexity index is 605. The molecule has 0 aromatic heterocycles. The van der Waals surface area contributed by atoms with Crippen molar-refractivity contribution in [3.8, 4) is 11.5 Å². The van der Waals surface area contributed by atoms with Crippen LogP contribution in [0.15, 0.2) is 23.1 Å². The number of halogens is 2. The van der Waals surface area contributed by atoms with E-state index in [2.05, 4.69) is 10.1 Å². The van der Waals surface area contributed by atoms with E-state index in [1.165, 1.54) is 18.2 Å². The van der Waals surface area contributed by atoms with Crippen molar-refractivity contribution < 1.29 is 23.0 Å². The van der Waals surface area contributed by atoms with Crippen LogP contribution in [0.3, 0.4) is 0 Å². The lowest BCUT2D eigenvalue weighted by Gasteiger charge is -2.11. The molecule has 1 saturated heterocycles. The molecule has 1 heterocycles. The molecule has 1 aromatic rings. The molecule has 0 atom stereocenters. The van der Waals surface area contributed by atoms with Crippen LogP contribution in [0.25, 0.3) is 6.08 Å². The number of hydrogen-bond acceptors (Lipinski definition) is 5. The number of ether oxygens (including phenoxy) is 2. The summed E-state index contributed by atoms with van der Waals surface area (Å²) >= 11 is 0.994. The van der Waals surface area contributed by atoms with Gasteiger partial charge in [-0.1, -0.05) is 6.07 Å². The zero-order chi connectivity index (χ0) is 15.4. The van der Waals surface area contributed by atoms with Crippen LogP contribution in [-0.2, 0) is 4.79 Å². The number of hydrogen-bond donors (Lipinski definition) is 2. The van der Waals surface area contributed by atoms with E-state index in [1.54, 1.807) is 13.0 Å². The summed E-state index contributed by atoms with van der Waals surface area (Å²) in [7, 11) is 0. The van der Waals surface area contributed by atoms with Gasteiger partial charge in [0.15, 0.2) is 16.7 Å². The number of thioether (sulfide) groups is 1. The quantitative estimate of drug-likeness (QED) is 0.820. The maximum Gasteiger partial charge on any atom is 0.387 e. The molecule has 0 radical (unpaired) electrons. The van der Waals surface area contributed by atoms with Crippen LogP contribution in [0, 0.1) is 5.41 Å². The first-order chi connectivity index (χ1) is 9.99. The van der Waals surface area contributed by atoms with Gasteiger partial charge in [-0.2, -0.15) is 8.78 Å². The van der Waals surface area contributed by atoms with Gasteiger partial charge in [0.1, 0.15) is 0 Å². The van der Waals surface area contributed by atoms with E-state index in [4.69, 9.17) is 10.1 Å². The number of carbonyl (C=O) groups excluding carboxylic acids is 1. The molecule has 1 aliphatic rings. The molecule has 0 unspecified atom stereocenters. The highest BCUT2D eigenvalue weighted by Crippen LogP contribution is 2.32. The van der Waals surface area contributed by atoms with Crippen LogP contribution in [0.5, 0.6) is 11.5 Å². The van der Waals surface area contributed by atoms with Crippen LogP contribution >= 0.6 is 11.8 Å². The maximum atomic E-state index is 12.3. The number of amidine groups is 1. The van der Waals surface area contributed by atoms with Crippen molar-refractivity contribution in [1.29, 1.82) is 5.41 Å². The van der Waals surface area contributed by atoms with E-state index in [0.717, 1.165) is 11.8 Å². The second-order valence-electron chi connectivity index (χ2n) is 3.91. The van der Waals surface area contributed by atoms with Crippen molar-refractivity contribution in [2.45, 2.75) is 13.5 Å². The number of carbonyl (C=O) groups is 1. The first-order valence-electron chi connectivity index (χ1n) is 6.00. The summed E-state index contributed by atoms with van der Waals surface area (Å²) in [5.41, 5.74) is 0.590. The molecule has 0 saturated carbocycles. The summed E-state index contributed by atoms with van der Waals surface area (Å²) in [6.07, 6.45) is 1.55. The Morgan fingerprint density at radius 2 is 2.19 bits per heavy atom. The lowest BCUT2D eigenvalue weighted by Crippen LogP contribution is -2.18. The molecule has 1 aliphatic heterocycles. The molecule has 2 rings (SSSR count). The van der Waals surface area contributed by atoms with Crippen LogP contribution in [0.2, 0.25) is 0 Å². The van der Waals surface area contributed by atoms with E-state index in [-0.39, 0.29) is 22.6 Å². The molecule has 0 bridgehead atoms. The molecular weight excluding hydrogens is 302 g/mol. The Morgan fingerprint density at radius 3 is 2.76 bits per heavy atom. The van der Waals surface area contributed by atoms with Gasteiger partial charge >= 0.3 is 6.61 Å². The summed E-state index contributed by atoms with van der Waals surface area (Å²) in [5.74, 6) is -0.258. The Kier molecular flexibility index (Phi) is 4.79. The fourth-order valence-corrected chi connectivity index (χ4v) is 2.37. The highest BCUT2D eigenvalue weighted by atomic mass is 32.2. The van der Waals surface area contributed by atoms with E-state index in [1.807, 2.05) is 0 Å².